The van der Waals surface area contributed by atoms with Crippen LogP contribution in [0.3, 0.4) is 0 Å². The van der Waals surface area contributed by atoms with Gasteiger partial charge in [-0.2, -0.15) is 0 Å². The Morgan fingerprint density at radius 1 is 0.529 bits per heavy atom. The van der Waals surface area contributed by atoms with Crippen LogP contribution in [-0.2, 0) is 50.5 Å². The van der Waals surface area contributed by atoms with Gasteiger partial charge >= 0.3 is 23.9 Å². The second-order valence-corrected chi connectivity index (χ2v) is 5.83. The van der Waals surface area contributed by atoms with Crippen molar-refractivity contribution in [3.63, 3.8) is 0 Å². The molecule has 0 aromatic carbocycles. The summed E-state index contributed by atoms with van der Waals surface area (Å²) in [5.41, 5.74) is 18.6. The first-order valence-corrected chi connectivity index (χ1v) is 6.05. The minimum atomic E-state index is 0. The van der Waals surface area contributed by atoms with Crippen molar-refractivity contribution in [2.24, 2.45) is 22.9 Å². The molecular weight excluding hydrogens is 479 g/mol. The molecule has 0 aliphatic rings. The molecule has 13 heteroatoms. The van der Waals surface area contributed by atoms with E-state index in [1.165, 1.54) is 0 Å². The smallest absolute Gasteiger partial charge is 0.415 e. The van der Waals surface area contributed by atoms with Gasteiger partial charge in [0.1, 0.15) is 0 Å². The third-order valence-electron chi connectivity index (χ3n) is 0. The number of nitrogens with two attached hydrogens (primary N) is 4. The molecule has 8 N–H and O–H groups in total. The van der Waals surface area contributed by atoms with Crippen molar-refractivity contribution in [3.8, 4) is 0 Å². The summed E-state index contributed by atoms with van der Waals surface area (Å²) in [7, 11) is 0. The summed E-state index contributed by atoms with van der Waals surface area (Å²) >= 11 is 33.0. The molecule has 0 saturated carbocycles. The maximum absolute atomic E-state index is 4.66. The maximum Gasteiger partial charge on any atom is 4.00 e. The number of hydrogen-bond donors (Lipinski definition) is 4. The minimum Gasteiger partial charge on any atom is -0.415 e. The van der Waals surface area contributed by atoms with Crippen molar-refractivity contribution in [1.82, 2.24) is 0 Å². The Labute approximate surface area is 161 Å². The van der Waals surface area contributed by atoms with Crippen LogP contribution in [-0.4, -0.2) is 41.2 Å². The SMILES string of the molecule is NC(=S)[S-].NC(=S)[S-].NC(=S)[S-].NC(=S)[S-].[Sn+4]. The van der Waals surface area contributed by atoms with Crippen molar-refractivity contribution in [2.75, 3.05) is 0 Å². The van der Waals surface area contributed by atoms with Gasteiger partial charge in [0, 0.05) is 0 Å². The van der Waals surface area contributed by atoms with E-state index < -0.39 is 0 Å². The monoisotopic (exact) mass is 488 g/mol. The summed E-state index contributed by atoms with van der Waals surface area (Å²) in [6, 6.07) is 0. The first-order valence-electron chi connectivity index (χ1n) is 2.79. The van der Waals surface area contributed by atoms with Crippen molar-refractivity contribution in [2.45, 2.75) is 0 Å². The predicted octanol–water partition coefficient (Wildman–Crippen LogP) is -1.27. The molecule has 96 valence electrons. The van der Waals surface area contributed by atoms with Crippen LogP contribution in [0.1, 0.15) is 0 Å². The quantitative estimate of drug-likeness (QED) is 0.186. The van der Waals surface area contributed by atoms with Gasteiger partial charge in [-0.15, -0.1) is 0 Å². The molecule has 0 rings (SSSR count). The molecule has 17 heavy (non-hydrogen) atoms. The summed E-state index contributed by atoms with van der Waals surface area (Å²) in [4.78, 5) is 0. The third-order valence-corrected chi connectivity index (χ3v) is 0. The van der Waals surface area contributed by atoms with Gasteiger partial charge < -0.3 is 122 Å². The van der Waals surface area contributed by atoms with Crippen molar-refractivity contribution in [1.29, 1.82) is 0 Å². The Kier molecular flexibility index (Phi) is 47.2. The van der Waals surface area contributed by atoms with Crippen LogP contribution in [0.5, 0.6) is 0 Å². The molecule has 0 spiro atoms. The van der Waals surface area contributed by atoms with Crippen molar-refractivity contribution < 1.29 is 0 Å². The summed E-state index contributed by atoms with van der Waals surface area (Å²) in [6.07, 6.45) is 0. The fourth-order valence-electron chi connectivity index (χ4n) is 0. The molecule has 0 heterocycles. The molecular formula is C4H8N4S8Sn. The largest absolute Gasteiger partial charge is 4.00 e. The molecule has 0 aliphatic heterocycles. The van der Waals surface area contributed by atoms with E-state index in [2.05, 4.69) is 122 Å². The van der Waals surface area contributed by atoms with E-state index in [0.29, 0.717) is 0 Å². The van der Waals surface area contributed by atoms with Gasteiger partial charge in [0.2, 0.25) is 0 Å². The Hall–Kier alpha value is 1.24. The molecule has 0 aliphatic carbocycles. The van der Waals surface area contributed by atoms with E-state index in [-0.39, 0.29) is 41.2 Å². The third kappa shape index (κ3) is 2610. The normalized spacial score (nSPS) is 5.65. The van der Waals surface area contributed by atoms with Crippen LogP contribution in [0.25, 0.3) is 0 Å². The number of thiocarbonyl (C=S) groups is 4. The summed E-state index contributed by atoms with van der Waals surface area (Å²) in [5, 5.41) is 0. The Morgan fingerprint density at radius 3 is 0.529 bits per heavy atom. The molecule has 0 fully saturated rings. The van der Waals surface area contributed by atoms with Crippen LogP contribution in [0.2, 0.25) is 0 Å². The first-order chi connectivity index (χ1) is 6.93. The van der Waals surface area contributed by atoms with E-state index in [1.807, 2.05) is 0 Å². The first kappa shape index (κ1) is 30.9. The molecule has 0 aromatic rings. The zero-order valence-corrected chi connectivity index (χ0v) is 17.5. The fraction of sp³-hybridized carbons (Fsp3) is 0. The van der Waals surface area contributed by atoms with E-state index in [4.69, 9.17) is 0 Å². The fourth-order valence-corrected chi connectivity index (χ4v) is 0. The van der Waals surface area contributed by atoms with Crippen LogP contribution in [0, 0.1) is 0 Å². The van der Waals surface area contributed by atoms with Gasteiger partial charge in [-0.05, 0) is 0 Å². The van der Waals surface area contributed by atoms with Gasteiger partial charge in [0.15, 0.2) is 0 Å². The molecule has 0 amide bonds. The summed E-state index contributed by atoms with van der Waals surface area (Å²) in [5.74, 6) is 0. The molecule has 4 nitrogen and oxygen atoms in total. The van der Waals surface area contributed by atoms with Gasteiger partial charge in [-0.25, -0.2) is 0 Å². The molecule has 0 atom stereocenters. The van der Waals surface area contributed by atoms with E-state index >= 15 is 0 Å². The standard InChI is InChI=1S/4CH3NS2.Sn/c4*2-1(3)4;/h4*(H3,2,3,4);/q;;;;+4/p-4. The van der Waals surface area contributed by atoms with Crippen LogP contribution in [0.4, 0.5) is 0 Å². The minimum absolute atomic E-state index is 0. The molecule has 0 aromatic heterocycles. The number of hydrogen-bond acceptors (Lipinski definition) is 8. The van der Waals surface area contributed by atoms with E-state index in [9.17, 15) is 0 Å². The van der Waals surface area contributed by atoms with Gasteiger partial charge in [0.25, 0.3) is 0 Å². The van der Waals surface area contributed by atoms with Crippen molar-refractivity contribution in [3.05, 3.63) is 0 Å². The number of rotatable bonds is 0. The molecule has 0 unspecified atom stereocenters. The molecule has 0 radical (unpaired) electrons. The van der Waals surface area contributed by atoms with Crippen LogP contribution in [0.15, 0.2) is 0 Å². The van der Waals surface area contributed by atoms with Crippen LogP contribution >= 0.6 is 48.9 Å². The van der Waals surface area contributed by atoms with Crippen LogP contribution < -0.4 is 22.9 Å². The topological polar surface area (TPSA) is 104 Å². The Balaban J connectivity index is -0.0000000369. The van der Waals surface area contributed by atoms with Gasteiger partial charge in [-0.1, -0.05) is 17.3 Å². The predicted molar refractivity (Wildman–Crippen MR) is 102 cm³/mol. The average molecular weight is 487 g/mol. The summed E-state index contributed by atoms with van der Waals surface area (Å²) < 4.78 is 0.333. The zero-order valence-electron chi connectivity index (χ0n) is 8.08. The zero-order chi connectivity index (χ0) is 14.3. The Bertz CT molecular complexity index is 170. The van der Waals surface area contributed by atoms with Gasteiger partial charge in [-0.3, -0.25) is 0 Å². The van der Waals surface area contributed by atoms with Gasteiger partial charge in [0.05, 0.1) is 0 Å². The second kappa shape index (κ2) is 25.9. The Morgan fingerprint density at radius 2 is 0.529 bits per heavy atom. The summed E-state index contributed by atoms with van der Waals surface area (Å²) in [6.45, 7) is 0. The van der Waals surface area contributed by atoms with E-state index in [1.54, 1.807) is 0 Å². The van der Waals surface area contributed by atoms with Crippen molar-refractivity contribution >= 4 is 141 Å². The maximum atomic E-state index is 4.66. The average Bonchev–Trinajstić information content (AvgIpc) is 1.76. The molecule has 0 saturated heterocycles. The molecule has 0 bridgehead atoms. The second-order valence-electron chi connectivity index (χ2n) is 1.28. The van der Waals surface area contributed by atoms with E-state index in [0.717, 1.165) is 0 Å².